The highest BCUT2D eigenvalue weighted by Gasteiger charge is 2.32. The number of rotatable bonds is 5. The third-order valence-electron chi connectivity index (χ3n) is 5.32. The minimum Gasteiger partial charge on any atom is -0.491 e. The average Bonchev–Trinajstić information content (AvgIpc) is 3.34. The number of benzene rings is 2. The van der Waals surface area contributed by atoms with E-state index in [-0.39, 0.29) is 24.7 Å². The molecule has 2 aromatic carbocycles. The molecule has 1 aromatic heterocycles. The normalized spacial score (nSPS) is 17.0. The van der Waals surface area contributed by atoms with E-state index in [4.69, 9.17) is 14.2 Å². The molecule has 30 heavy (non-hydrogen) atoms. The van der Waals surface area contributed by atoms with Gasteiger partial charge in [-0.15, -0.1) is 0 Å². The second kappa shape index (κ2) is 7.40. The van der Waals surface area contributed by atoms with Gasteiger partial charge in [0.2, 0.25) is 12.7 Å². The molecule has 0 unspecified atom stereocenters. The summed E-state index contributed by atoms with van der Waals surface area (Å²) in [4.78, 5) is 12.6. The predicted molar refractivity (Wildman–Crippen MR) is 111 cm³/mol. The van der Waals surface area contributed by atoms with Gasteiger partial charge < -0.3 is 19.5 Å². The van der Waals surface area contributed by atoms with Gasteiger partial charge >= 0.3 is 0 Å². The van der Waals surface area contributed by atoms with E-state index in [9.17, 15) is 4.79 Å². The number of carbonyl (C=O) groups is 1. The van der Waals surface area contributed by atoms with Crippen molar-refractivity contribution in [1.29, 1.82) is 0 Å². The molecule has 7 heteroatoms. The Labute approximate surface area is 174 Å². The van der Waals surface area contributed by atoms with E-state index in [2.05, 4.69) is 10.4 Å². The number of carbonyl (C=O) groups excluding carboxylic acids is 1. The van der Waals surface area contributed by atoms with Crippen LogP contribution >= 0.6 is 0 Å². The molecule has 7 nitrogen and oxygen atoms in total. The number of fused-ring (bicyclic) bond motifs is 2. The number of ether oxygens (including phenoxy) is 3. The van der Waals surface area contributed by atoms with E-state index < -0.39 is 0 Å². The molecule has 0 saturated heterocycles. The zero-order valence-corrected chi connectivity index (χ0v) is 16.9. The molecule has 0 spiro atoms. The molecular formula is C23H23N3O4. The van der Waals surface area contributed by atoms with Crippen molar-refractivity contribution < 1.29 is 19.0 Å². The molecule has 1 atom stereocenters. The Kier molecular flexibility index (Phi) is 4.58. The summed E-state index contributed by atoms with van der Waals surface area (Å²) < 4.78 is 18.7. The number of nitrogens with zero attached hydrogens (tertiary/aromatic N) is 2. The second-order valence-corrected chi connectivity index (χ2v) is 7.80. The molecular weight excluding hydrogens is 382 g/mol. The van der Waals surface area contributed by atoms with Crippen molar-refractivity contribution in [2.24, 2.45) is 0 Å². The first-order chi connectivity index (χ1) is 14.6. The van der Waals surface area contributed by atoms with Gasteiger partial charge in [0.25, 0.3) is 0 Å². The van der Waals surface area contributed by atoms with Crippen LogP contribution in [0.25, 0.3) is 0 Å². The summed E-state index contributed by atoms with van der Waals surface area (Å²) in [6.45, 7) is 4.76. The van der Waals surface area contributed by atoms with Crippen LogP contribution in [0.4, 0.5) is 5.82 Å². The zero-order chi connectivity index (χ0) is 20.7. The Hall–Kier alpha value is -3.48. The first-order valence-electron chi connectivity index (χ1n) is 10.1. The lowest BCUT2D eigenvalue weighted by Crippen LogP contribution is -2.25. The van der Waals surface area contributed by atoms with Crippen LogP contribution in [0.5, 0.6) is 17.2 Å². The third kappa shape index (κ3) is 3.36. The Morgan fingerprint density at radius 1 is 1.17 bits per heavy atom. The fraction of sp³-hybridized carbons (Fsp3) is 0.304. The smallest absolute Gasteiger partial charge is 0.231 e. The van der Waals surface area contributed by atoms with Crippen LogP contribution in [0.1, 0.15) is 42.9 Å². The van der Waals surface area contributed by atoms with Crippen molar-refractivity contribution in [2.75, 3.05) is 12.1 Å². The Balaban J connectivity index is 1.49. The molecule has 2 aliphatic heterocycles. The van der Waals surface area contributed by atoms with Crippen molar-refractivity contribution in [2.45, 2.75) is 38.8 Å². The number of nitrogens with one attached hydrogen (secondary N) is 1. The van der Waals surface area contributed by atoms with E-state index in [1.807, 2.05) is 67.2 Å². The Morgan fingerprint density at radius 3 is 2.87 bits per heavy atom. The van der Waals surface area contributed by atoms with E-state index >= 15 is 0 Å². The molecule has 0 bridgehead atoms. The summed E-state index contributed by atoms with van der Waals surface area (Å²) in [5.74, 6) is 2.88. The molecule has 154 valence electrons. The predicted octanol–water partition coefficient (Wildman–Crippen LogP) is 3.92. The van der Waals surface area contributed by atoms with Crippen molar-refractivity contribution in [1.82, 2.24) is 9.78 Å². The lowest BCUT2D eigenvalue weighted by molar-refractivity contribution is -0.116. The molecule has 0 fully saturated rings. The minimum atomic E-state index is -0.103. The van der Waals surface area contributed by atoms with Gasteiger partial charge in [0.15, 0.2) is 11.5 Å². The maximum absolute atomic E-state index is 12.6. The summed E-state index contributed by atoms with van der Waals surface area (Å²) >= 11 is 0. The van der Waals surface area contributed by atoms with Crippen LogP contribution in [-0.2, 0) is 11.3 Å². The molecule has 2 aliphatic rings. The van der Waals surface area contributed by atoms with Crippen molar-refractivity contribution in [3.05, 3.63) is 65.4 Å². The van der Waals surface area contributed by atoms with E-state index in [0.29, 0.717) is 13.0 Å². The third-order valence-corrected chi connectivity index (χ3v) is 5.32. The summed E-state index contributed by atoms with van der Waals surface area (Å²) in [5, 5.41) is 7.58. The van der Waals surface area contributed by atoms with Crippen molar-refractivity contribution >= 4 is 11.7 Å². The molecule has 1 amide bonds. The number of hydrogen-bond donors (Lipinski definition) is 1. The molecule has 0 aliphatic carbocycles. The largest absolute Gasteiger partial charge is 0.491 e. The van der Waals surface area contributed by atoms with Crippen LogP contribution in [0.2, 0.25) is 0 Å². The molecule has 5 rings (SSSR count). The van der Waals surface area contributed by atoms with Gasteiger partial charge in [0.1, 0.15) is 11.6 Å². The van der Waals surface area contributed by atoms with E-state index in [1.54, 1.807) is 0 Å². The average molecular weight is 405 g/mol. The molecule has 3 aromatic rings. The lowest BCUT2D eigenvalue weighted by Gasteiger charge is -2.26. The van der Waals surface area contributed by atoms with Gasteiger partial charge in [0, 0.05) is 23.5 Å². The first-order valence-corrected chi connectivity index (χ1v) is 10.1. The highest BCUT2D eigenvalue weighted by Crippen LogP contribution is 2.41. The lowest BCUT2D eigenvalue weighted by atomic mass is 9.87. The van der Waals surface area contributed by atoms with Crippen molar-refractivity contribution in [3.63, 3.8) is 0 Å². The van der Waals surface area contributed by atoms with E-state index in [1.165, 1.54) is 0 Å². The maximum Gasteiger partial charge on any atom is 0.231 e. The highest BCUT2D eigenvalue weighted by atomic mass is 16.7. The fourth-order valence-electron chi connectivity index (χ4n) is 4.01. The van der Waals surface area contributed by atoms with Gasteiger partial charge in [-0.2, -0.15) is 5.10 Å². The van der Waals surface area contributed by atoms with Crippen molar-refractivity contribution in [3.8, 4) is 17.2 Å². The number of aromatic nitrogens is 2. The summed E-state index contributed by atoms with van der Waals surface area (Å²) in [7, 11) is 0. The van der Waals surface area contributed by atoms with Crippen LogP contribution in [0, 0.1) is 0 Å². The Bertz CT molecular complexity index is 1110. The minimum absolute atomic E-state index is 0.0284. The van der Waals surface area contributed by atoms with Crippen LogP contribution < -0.4 is 19.5 Å². The van der Waals surface area contributed by atoms with Gasteiger partial charge in [-0.05, 0) is 37.6 Å². The molecule has 0 radical (unpaired) electrons. The molecule has 1 N–H and O–H groups in total. The molecule has 3 heterocycles. The summed E-state index contributed by atoms with van der Waals surface area (Å²) in [6.07, 6.45) is 2.26. The van der Waals surface area contributed by atoms with E-state index in [0.717, 1.165) is 39.8 Å². The summed E-state index contributed by atoms with van der Waals surface area (Å²) in [6, 6.07) is 13.7. The van der Waals surface area contributed by atoms with Gasteiger partial charge in [-0.3, -0.25) is 4.79 Å². The Morgan fingerprint density at radius 2 is 2.00 bits per heavy atom. The van der Waals surface area contributed by atoms with Crippen LogP contribution in [-0.4, -0.2) is 28.6 Å². The monoisotopic (exact) mass is 405 g/mol. The number of para-hydroxylation sites is 1. The SMILES string of the molecule is CC(C)Oc1ccccc1[C@H]1CC(=O)Nc2c1cnn2Cc1ccc2c(c1)OCO2. The van der Waals surface area contributed by atoms with Crippen LogP contribution in [0.3, 0.4) is 0 Å². The first kappa shape index (κ1) is 18.5. The second-order valence-electron chi connectivity index (χ2n) is 7.80. The van der Waals surface area contributed by atoms with Gasteiger partial charge in [0.05, 0.1) is 18.8 Å². The van der Waals surface area contributed by atoms with Gasteiger partial charge in [-0.1, -0.05) is 24.3 Å². The molecule has 0 saturated carbocycles. The number of hydrogen-bond acceptors (Lipinski definition) is 5. The maximum atomic E-state index is 12.6. The number of amides is 1. The topological polar surface area (TPSA) is 74.6 Å². The summed E-state index contributed by atoms with van der Waals surface area (Å²) in [5.41, 5.74) is 3.02. The standard InChI is InChI=1S/C23H23N3O4/c1-14(2)30-19-6-4-3-5-16(19)17-10-22(27)25-23-18(17)11-24-26(23)12-15-7-8-20-21(9-15)29-13-28-20/h3-9,11,14,17H,10,12-13H2,1-2H3,(H,25,27)/t17-/m1/s1. The zero-order valence-electron chi connectivity index (χ0n) is 16.9. The van der Waals surface area contributed by atoms with Gasteiger partial charge in [-0.25, -0.2) is 4.68 Å². The quantitative estimate of drug-likeness (QED) is 0.696. The highest BCUT2D eigenvalue weighted by molar-refractivity contribution is 5.94. The fourth-order valence-corrected chi connectivity index (χ4v) is 4.01. The number of anilines is 1. The van der Waals surface area contributed by atoms with Crippen LogP contribution in [0.15, 0.2) is 48.7 Å².